The molecule has 1 aromatic rings. The molecule has 18 heavy (non-hydrogen) atoms. The highest BCUT2D eigenvalue weighted by Gasteiger charge is 2.37. The van der Waals surface area contributed by atoms with Gasteiger partial charge in [-0.3, -0.25) is 4.79 Å². The fourth-order valence-corrected chi connectivity index (χ4v) is 4.43. The fraction of sp³-hybridized carbons (Fsp3) is 0.364. The number of amides is 1. The molecule has 1 aromatic carbocycles. The molecule has 98 valence electrons. The van der Waals surface area contributed by atoms with E-state index in [9.17, 15) is 13.2 Å². The van der Waals surface area contributed by atoms with Gasteiger partial charge in [-0.25, -0.2) is 12.7 Å². The highest BCUT2D eigenvalue weighted by Crippen LogP contribution is 2.31. The Bertz CT molecular complexity index is 602. The third kappa shape index (κ3) is 2.41. The smallest absolute Gasteiger partial charge is 0.267 e. The first-order chi connectivity index (χ1) is 8.32. The molecule has 0 aromatic heterocycles. The Balaban J connectivity index is 2.46. The van der Waals surface area contributed by atoms with Gasteiger partial charge in [0.15, 0.2) is 0 Å². The van der Waals surface area contributed by atoms with Crippen molar-refractivity contribution in [2.45, 2.75) is 18.2 Å². The molecule has 0 spiro atoms. The van der Waals surface area contributed by atoms with Crippen LogP contribution in [0.2, 0.25) is 5.02 Å². The van der Waals surface area contributed by atoms with Gasteiger partial charge in [0.1, 0.15) is 4.90 Å². The SMILES string of the molecule is CC1CC(=O)N(S(=O)(=O)c2ccc(Br)cc2Cl)C1. The van der Waals surface area contributed by atoms with Gasteiger partial charge in [-0.1, -0.05) is 34.5 Å². The first-order valence-corrected chi connectivity index (χ1v) is 7.94. The molecule has 1 atom stereocenters. The number of carbonyl (C=O) groups is 1. The zero-order valence-corrected chi connectivity index (χ0v) is 12.7. The number of halogens is 2. The van der Waals surface area contributed by atoms with E-state index in [1.54, 1.807) is 6.07 Å². The van der Waals surface area contributed by atoms with Gasteiger partial charge < -0.3 is 0 Å². The molecule has 1 fully saturated rings. The molecule has 7 heteroatoms. The van der Waals surface area contributed by atoms with Crippen LogP contribution in [0.4, 0.5) is 0 Å². The van der Waals surface area contributed by atoms with E-state index in [1.807, 2.05) is 6.92 Å². The van der Waals surface area contributed by atoms with Crippen molar-refractivity contribution in [1.29, 1.82) is 0 Å². The lowest BCUT2D eigenvalue weighted by atomic mass is 10.2. The maximum Gasteiger partial charge on any atom is 0.267 e. The standard InChI is InChI=1S/C11H11BrClNO3S/c1-7-4-11(15)14(6-7)18(16,17)10-3-2-8(12)5-9(10)13/h2-3,5,7H,4,6H2,1H3. The van der Waals surface area contributed by atoms with Crippen LogP contribution < -0.4 is 0 Å². The van der Waals surface area contributed by atoms with Crippen molar-refractivity contribution in [2.24, 2.45) is 5.92 Å². The minimum Gasteiger partial charge on any atom is -0.274 e. The third-order valence-corrected chi connectivity index (χ3v) is 5.50. The van der Waals surface area contributed by atoms with Gasteiger partial charge >= 0.3 is 0 Å². The zero-order valence-electron chi connectivity index (χ0n) is 9.56. The van der Waals surface area contributed by atoms with Gasteiger partial charge in [0, 0.05) is 17.4 Å². The second kappa shape index (κ2) is 4.83. The molecule has 1 heterocycles. The molecule has 1 aliphatic rings. The van der Waals surface area contributed by atoms with Crippen molar-refractivity contribution >= 4 is 43.5 Å². The molecule has 0 N–H and O–H groups in total. The number of hydrogen-bond donors (Lipinski definition) is 0. The van der Waals surface area contributed by atoms with Gasteiger partial charge in [0.25, 0.3) is 10.0 Å². The summed E-state index contributed by atoms with van der Waals surface area (Å²) in [5.74, 6) is -0.331. The second-order valence-corrected chi connectivity index (χ2v) is 7.47. The summed E-state index contributed by atoms with van der Waals surface area (Å²) in [6.45, 7) is 2.06. The summed E-state index contributed by atoms with van der Waals surface area (Å²) < 4.78 is 26.3. The van der Waals surface area contributed by atoms with Gasteiger partial charge in [0.2, 0.25) is 5.91 Å². The number of rotatable bonds is 2. The lowest BCUT2D eigenvalue weighted by Crippen LogP contribution is -2.32. The molecule has 1 aliphatic heterocycles. The molecule has 0 radical (unpaired) electrons. The highest BCUT2D eigenvalue weighted by atomic mass is 79.9. The predicted octanol–water partition coefficient (Wildman–Crippen LogP) is 2.66. The van der Waals surface area contributed by atoms with Crippen LogP contribution in [0.5, 0.6) is 0 Å². The van der Waals surface area contributed by atoms with Gasteiger partial charge in [-0.2, -0.15) is 0 Å². The van der Waals surface area contributed by atoms with E-state index in [2.05, 4.69) is 15.9 Å². The first kappa shape index (κ1) is 13.8. The van der Waals surface area contributed by atoms with Crippen molar-refractivity contribution in [2.75, 3.05) is 6.54 Å². The Morgan fingerprint density at radius 2 is 2.11 bits per heavy atom. The number of sulfonamides is 1. The maximum atomic E-state index is 12.3. The number of hydrogen-bond acceptors (Lipinski definition) is 3. The average molecular weight is 353 g/mol. The Morgan fingerprint density at radius 3 is 2.61 bits per heavy atom. The van der Waals surface area contributed by atoms with E-state index in [4.69, 9.17) is 11.6 Å². The number of carbonyl (C=O) groups excluding carboxylic acids is 1. The van der Waals surface area contributed by atoms with E-state index < -0.39 is 10.0 Å². The average Bonchev–Trinajstić information content (AvgIpc) is 2.57. The van der Waals surface area contributed by atoms with Crippen LogP contribution in [0.15, 0.2) is 27.6 Å². The Hall–Kier alpha value is -0.590. The summed E-state index contributed by atoms with van der Waals surface area (Å²) in [5, 5.41) is 0.108. The predicted molar refractivity (Wildman–Crippen MR) is 71.8 cm³/mol. The van der Waals surface area contributed by atoms with Crippen LogP contribution in [0.3, 0.4) is 0 Å². The number of benzene rings is 1. The molecule has 1 unspecified atom stereocenters. The molecule has 0 bridgehead atoms. The fourth-order valence-electron chi connectivity index (χ4n) is 1.88. The van der Waals surface area contributed by atoms with Crippen molar-refractivity contribution in [3.05, 3.63) is 27.7 Å². The summed E-state index contributed by atoms with van der Waals surface area (Å²) in [6, 6.07) is 4.49. The first-order valence-electron chi connectivity index (χ1n) is 5.33. The van der Waals surface area contributed by atoms with Crippen LogP contribution in [0.25, 0.3) is 0 Å². The summed E-state index contributed by atoms with van der Waals surface area (Å²) >= 11 is 9.14. The van der Waals surface area contributed by atoms with Gasteiger partial charge in [-0.15, -0.1) is 0 Å². The monoisotopic (exact) mass is 351 g/mol. The van der Waals surface area contributed by atoms with Crippen LogP contribution in [0.1, 0.15) is 13.3 Å². The van der Waals surface area contributed by atoms with Crippen molar-refractivity contribution in [3.63, 3.8) is 0 Å². The summed E-state index contributed by atoms with van der Waals surface area (Å²) in [5.41, 5.74) is 0. The lowest BCUT2D eigenvalue weighted by molar-refractivity contribution is -0.123. The molecule has 0 aliphatic carbocycles. The molecule has 1 amide bonds. The number of nitrogens with zero attached hydrogens (tertiary/aromatic N) is 1. The lowest BCUT2D eigenvalue weighted by Gasteiger charge is -2.17. The molecule has 2 rings (SSSR count). The third-order valence-electron chi connectivity index (χ3n) is 2.74. The molecule has 1 saturated heterocycles. The maximum absolute atomic E-state index is 12.3. The van der Waals surface area contributed by atoms with E-state index in [-0.39, 0.29) is 34.7 Å². The normalized spacial score (nSPS) is 20.5. The second-order valence-electron chi connectivity index (χ2n) is 4.31. The zero-order chi connectivity index (χ0) is 13.5. The molecular weight excluding hydrogens is 342 g/mol. The van der Waals surface area contributed by atoms with Crippen molar-refractivity contribution < 1.29 is 13.2 Å². The van der Waals surface area contributed by atoms with Crippen LogP contribution >= 0.6 is 27.5 Å². The van der Waals surface area contributed by atoms with Crippen LogP contribution in [0, 0.1) is 5.92 Å². The molecule has 0 saturated carbocycles. The topological polar surface area (TPSA) is 54.5 Å². The molecular formula is C11H11BrClNO3S. The summed E-state index contributed by atoms with van der Waals surface area (Å²) in [4.78, 5) is 11.6. The highest BCUT2D eigenvalue weighted by molar-refractivity contribution is 9.10. The van der Waals surface area contributed by atoms with E-state index >= 15 is 0 Å². The quantitative estimate of drug-likeness (QED) is 0.822. The van der Waals surface area contributed by atoms with E-state index in [0.29, 0.717) is 4.47 Å². The van der Waals surface area contributed by atoms with Crippen LogP contribution in [-0.2, 0) is 14.8 Å². The van der Waals surface area contributed by atoms with E-state index in [0.717, 1.165) is 4.31 Å². The largest absolute Gasteiger partial charge is 0.274 e. The van der Waals surface area contributed by atoms with Gasteiger partial charge in [0.05, 0.1) is 5.02 Å². The van der Waals surface area contributed by atoms with Crippen LogP contribution in [-0.4, -0.2) is 25.2 Å². The minimum atomic E-state index is -3.84. The summed E-state index contributed by atoms with van der Waals surface area (Å²) in [7, 11) is -3.84. The van der Waals surface area contributed by atoms with Gasteiger partial charge in [-0.05, 0) is 24.1 Å². The Labute approximate surface area is 119 Å². The Morgan fingerprint density at radius 1 is 1.44 bits per heavy atom. The minimum absolute atomic E-state index is 0.0326. The summed E-state index contributed by atoms with van der Waals surface area (Å²) in [6.07, 6.45) is 0.257. The molecule has 4 nitrogen and oxygen atoms in total. The van der Waals surface area contributed by atoms with Crippen molar-refractivity contribution in [3.8, 4) is 0 Å². The van der Waals surface area contributed by atoms with Crippen molar-refractivity contribution in [1.82, 2.24) is 4.31 Å². The van der Waals surface area contributed by atoms with E-state index in [1.165, 1.54) is 12.1 Å². The Kier molecular flexibility index (Phi) is 3.71.